The van der Waals surface area contributed by atoms with E-state index in [0.29, 0.717) is 6.04 Å². The van der Waals surface area contributed by atoms with Gasteiger partial charge in [0.2, 0.25) is 0 Å². The Hall–Kier alpha value is -1.97. The SMILES string of the molecule is COc1ccc(-c2nn(C(C)C3CC3)cc2N)cc1. The number of nitrogens with two attached hydrogens (primary N) is 1. The lowest BCUT2D eigenvalue weighted by Crippen LogP contribution is -2.07. The molecule has 100 valence electrons. The van der Waals surface area contributed by atoms with Crippen molar-refractivity contribution in [3.8, 4) is 17.0 Å². The van der Waals surface area contributed by atoms with E-state index in [4.69, 9.17) is 10.5 Å². The van der Waals surface area contributed by atoms with Gasteiger partial charge >= 0.3 is 0 Å². The fraction of sp³-hybridized carbons (Fsp3) is 0.400. The Labute approximate surface area is 113 Å². The van der Waals surface area contributed by atoms with Gasteiger partial charge in [-0.3, -0.25) is 4.68 Å². The summed E-state index contributed by atoms with van der Waals surface area (Å²) in [4.78, 5) is 0. The Bertz CT molecular complexity index is 570. The lowest BCUT2D eigenvalue weighted by Gasteiger charge is -2.09. The highest BCUT2D eigenvalue weighted by atomic mass is 16.5. The Morgan fingerprint density at radius 3 is 2.58 bits per heavy atom. The van der Waals surface area contributed by atoms with E-state index in [1.54, 1.807) is 7.11 Å². The van der Waals surface area contributed by atoms with Gasteiger partial charge in [-0.15, -0.1) is 0 Å². The van der Waals surface area contributed by atoms with E-state index in [1.807, 2.05) is 35.1 Å². The van der Waals surface area contributed by atoms with Gasteiger partial charge in [-0.25, -0.2) is 0 Å². The minimum Gasteiger partial charge on any atom is -0.497 e. The monoisotopic (exact) mass is 257 g/mol. The van der Waals surface area contributed by atoms with Crippen LogP contribution in [-0.4, -0.2) is 16.9 Å². The molecule has 0 amide bonds. The first-order valence-electron chi connectivity index (χ1n) is 6.68. The van der Waals surface area contributed by atoms with E-state index in [-0.39, 0.29) is 0 Å². The fourth-order valence-electron chi connectivity index (χ4n) is 2.38. The summed E-state index contributed by atoms with van der Waals surface area (Å²) in [6.45, 7) is 2.21. The van der Waals surface area contributed by atoms with Crippen molar-refractivity contribution in [3.63, 3.8) is 0 Å². The highest BCUT2D eigenvalue weighted by Gasteiger charge is 2.30. The lowest BCUT2D eigenvalue weighted by molar-refractivity contribution is 0.415. The standard InChI is InChI=1S/C15H19N3O/c1-10(11-3-4-11)18-9-14(16)15(17-18)12-5-7-13(19-2)8-6-12/h5-11H,3-4,16H2,1-2H3. The first kappa shape index (κ1) is 12.1. The van der Waals surface area contributed by atoms with Crippen LogP contribution in [0.25, 0.3) is 11.3 Å². The summed E-state index contributed by atoms with van der Waals surface area (Å²) in [7, 11) is 1.66. The van der Waals surface area contributed by atoms with Gasteiger partial charge in [0.15, 0.2) is 0 Å². The predicted octanol–water partition coefficient (Wildman–Crippen LogP) is 3.11. The van der Waals surface area contributed by atoms with Crippen LogP contribution in [0.15, 0.2) is 30.5 Å². The van der Waals surface area contributed by atoms with Crippen LogP contribution in [0.2, 0.25) is 0 Å². The van der Waals surface area contributed by atoms with Crippen molar-refractivity contribution in [2.45, 2.75) is 25.8 Å². The Kier molecular flexibility index (Phi) is 2.93. The summed E-state index contributed by atoms with van der Waals surface area (Å²) in [5, 5.41) is 4.65. The van der Waals surface area contributed by atoms with E-state index in [2.05, 4.69) is 12.0 Å². The Balaban J connectivity index is 1.90. The molecule has 1 heterocycles. The number of anilines is 1. The first-order chi connectivity index (χ1) is 9.19. The molecule has 1 fully saturated rings. The van der Waals surface area contributed by atoms with E-state index in [0.717, 1.165) is 28.6 Å². The number of rotatable bonds is 4. The number of nitrogens with zero attached hydrogens (tertiary/aromatic N) is 2. The number of nitrogen functional groups attached to an aromatic ring is 1. The Morgan fingerprint density at radius 2 is 2.00 bits per heavy atom. The van der Waals surface area contributed by atoms with Gasteiger partial charge < -0.3 is 10.5 Å². The molecule has 1 aliphatic rings. The van der Waals surface area contributed by atoms with Crippen LogP contribution in [0, 0.1) is 5.92 Å². The lowest BCUT2D eigenvalue weighted by atomic mass is 10.1. The fourth-order valence-corrected chi connectivity index (χ4v) is 2.38. The summed E-state index contributed by atoms with van der Waals surface area (Å²) in [5.41, 5.74) is 8.71. The molecule has 2 N–H and O–H groups in total. The minimum absolute atomic E-state index is 0.439. The number of methoxy groups -OCH3 is 1. The maximum absolute atomic E-state index is 6.09. The average molecular weight is 257 g/mol. The van der Waals surface area contributed by atoms with Crippen molar-refractivity contribution in [2.24, 2.45) is 5.92 Å². The van der Waals surface area contributed by atoms with Crippen LogP contribution >= 0.6 is 0 Å². The molecule has 1 aromatic carbocycles. The summed E-state index contributed by atoms with van der Waals surface area (Å²) < 4.78 is 7.17. The molecule has 2 aromatic rings. The second-order valence-electron chi connectivity index (χ2n) is 5.22. The molecule has 0 spiro atoms. The molecule has 0 aliphatic heterocycles. The second kappa shape index (κ2) is 4.61. The number of ether oxygens (including phenoxy) is 1. The van der Waals surface area contributed by atoms with Gasteiger partial charge in [-0.2, -0.15) is 5.10 Å². The van der Waals surface area contributed by atoms with Crippen molar-refractivity contribution >= 4 is 5.69 Å². The van der Waals surface area contributed by atoms with E-state index < -0.39 is 0 Å². The molecule has 1 aromatic heterocycles. The van der Waals surface area contributed by atoms with E-state index >= 15 is 0 Å². The van der Waals surface area contributed by atoms with Crippen molar-refractivity contribution in [2.75, 3.05) is 12.8 Å². The zero-order valence-corrected chi connectivity index (χ0v) is 11.3. The molecule has 1 saturated carbocycles. The van der Waals surface area contributed by atoms with Crippen molar-refractivity contribution < 1.29 is 4.74 Å². The summed E-state index contributed by atoms with van der Waals surface area (Å²) in [6, 6.07) is 8.28. The minimum atomic E-state index is 0.439. The van der Waals surface area contributed by atoms with Crippen LogP contribution in [0.3, 0.4) is 0 Å². The number of hydrogen-bond donors (Lipinski definition) is 1. The van der Waals surface area contributed by atoms with Crippen molar-refractivity contribution in [1.29, 1.82) is 0 Å². The van der Waals surface area contributed by atoms with Crippen LogP contribution in [0.5, 0.6) is 5.75 Å². The summed E-state index contributed by atoms with van der Waals surface area (Å²) in [6.07, 6.45) is 4.56. The number of benzene rings is 1. The van der Waals surface area contributed by atoms with Gasteiger partial charge in [0.25, 0.3) is 0 Å². The average Bonchev–Trinajstić information content (AvgIpc) is 3.21. The molecule has 4 nitrogen and oxygen atoms in total. The van der Waals surface area contributed by atoms with Crippen molar-refractivity contribution in [3.05, 3.63) is 30.5 Å². The third kappa shape index (κ3) is 2.30. The van der Waals surface area contributed by atoms with Crippen molar-refractivity contribution in [1.82, 2.24) is 9.78 Å². The first-order valence-corrected chi connectivity index (χ1v) is 6.68. The quantitative estimate of drug-likeness (QED) is 0.915. The molecular weight excluding hydrogens is 238 g/mol. The maximum Gasteiger partial charge on any atom is 0.118 e. The van der Waals surface area contributed by atoms with Gasteiger partial charge in [-0.05, 0) is 49.9 Å². The molecule has 0 bridgehead atoms. The third-order valence-corrected chi connectivity index (χ3v) is 3.85. The van der Waals surface area contributed by atoms with Crippen LogP contribution < -0.4 is 10.5 Å². The molecule has 4 heteroatoms. The molecule has 0 saturated heterocycles. The number of hydrogen-bond acceptors (Lipinski definition) is 3. The van der Waals surface area contributed by atoms with E-state index in [9.17, 15) is 0 Å². The molecular formula is C15H19N3O. The molecule has 3 rings (SSSR count). The highest BCUT2D eigenvalue weighted by molar-refractivity contribution is 5.72. The topological polar surface area (TPSA) is 53.1 Å². The van der Waals surface area contributed by atoms with E-state index in [1.165, 1.54) is 12.8 Å². The molecule has 1 unspecified atom stereocenters. The zero-order chi connectivity index (χ0) is 13.4. The zero-order valence-electron chi connectivity index (χ0n) is 11.3. The van der Waals surface area contributed by atoms with Crippen LogP contribution in [-0.2, 0) is 0 Å². The van der Waals surface area contributed by atoms with Gasteiger partial charge in [0.1, 0.15) is 11.4 Å². The molecule has 1 atom stereocenters. The smallest absolute Gasteiger partial charge is 0.118 e. The van der Waals surface area contributed by atoms with Crippen LogP contribution in [0.4, 0.5) is 5.69 Å². The third-order valence-electron chi connectivity index (χ3n) is 3.85. The normalized spacial score (nSPS) is 16.3. The largest absolute Gasteiger partial charge is 0.497 e. The van der Waals surface area contributed by atoms with Gasteiger partial charge in [0, 0.05) is 11.8 Å². The maximum atomic E-state index is 6.09. The molecule has 0 radical (unpaired) electrons. The summed E-state index contributed by atoms with van der Waals surface area (Å²) >= 11 is 0. The van der Waals surface area contributed by atoms with Gasteiger partial charge in [-0.1, -0.05) is 0 Å². The number of aromatic nitrogens is 2. The van der Waals surface area contributed by atoms with Gasteiger partial charge in [0.05, 0.1) is 18.8 Å². The van der Waals surface area contributed by atoms with Crippen LogP contribution in [0.1, 0.15) is 25.8 Å². The second-order valence-corrected chi connectivity index (χ2v) is 5.22. The molecule has 19 heavy (non-hydrogen) atoms. The summed E-state index contributed by atoms with van der Waals surface area (Å²) in [5.74, 6) is 1.61. The predicted molar refractivity (Wildman–Crippen MR) is 76.1 cm³/mol. The highest BCUT2D eigenvalue weighted by Crippen LogP contribution is 2.40. The Morgan fingerprint density at radius 1 is 1.32 bits per heavy atom. The molecule has 1 aliphatic carbocycles.